The van der Waals surface area contributed by atoms with Crippen molar-refractivity contribution in [3.63, 3.8) is 0 Å². The standard InChI is InChI=1S/C25H25N3O6S/c1-18-14-22(12-13-23(18)34-2)35(32,33)28(16-20-6-4-3-5-7-20)17-24(29)27-26-15-19-8-10-21(11-9-19)25(30)31/h3-15H,16-17H2,1-2H3,(H,27,29)(H,30,31). The minimum absolute atomic E-state index is 0.0119. The van der Waals surface area contributed by atoms with E-state index in [2.05, 4.69) is 10.5 Å². The van der Waals surface area contributed by atoms with Crippen LogP contribution in [0.4, 0.5) is 0 Å². The molecule has 0 spiro atoms. The molecule has 0 bridgehead atoms. The van der Waals surface area contributed by atoms with Crippen molar-refractivity contribution in [3.8, 4) is 5.75 Å². The highest BCUT2D eigenvalue weighted by molar-refractivity contribution is 7.89. The van der Waals surface area contributed by atoms with Crippen LogP contribution in [0.15, 0.2) is 82.8 Å². The molecular formula is C25H25N3O6S. The lowest BCUT2D eigenvalue weighted by molar-refractivity contribution is -0.121. The van der Waals surface area contributed by atoms with Crippen molar-refractivity contribution in [2.24, 2.45) is 5.10 Å². The SMILES string of the molecule is COc1ccc(S(=O)(=O)N(CC(=O)NN=Cc2ccc(C(=O)O)cc2)Cc2ccccc2)cc1C. The van der Waals surface area contributed by atoms with Crippen molar-refractivity contribution >= 4 is 28.1 Å². The molecule has 3 rings (SSSR count). The van der Waals surface area contributed by atoms with E-state index in [4.69, 9.17) is 9.84 Å². The van der Waals surface area contributed by atoms with E-state index in [1.807, 2.05) is 6.07 Å². The number of amides is 1. The maximum absolute atomic E-state index is 13.4. The molecule has 35 heavy (non-hydrogen) atoms. The van der Waals surface area contributed by atoms with Crippen LogP contribution in [0.5, 0.6) is 5.75 Å². The number of hydrogen-bond acceptors (Lipinski definition) is 6. The number of carboxylic acids is 1. The van der Waals surface area contributed by atoms with E-state index in [1.54, 1.807) is 37.3 Å². The second-order valence-corrected chi connectivity index (χ2v) is 9.55. The maximum atomic E-state index is 13.4. The third-order valence-electron chi connectivity index (χ3n) is 5.09. The normalized spacial score (nSPS) is 11.5. The van der Waals surface area contributed by atoms with E-state index < -0.39 is 28.4 Å². The highest BCUT2D eigenvalue weighted by Crippen LogP contribution is 2.24. The van der Waals surface area contributed by atoms with Gasteiger partial charge in [-0.2, -0.15) is 9.41 Å². The van der Waals surface area contributed by atoms with E-state index in [1.165, 1.54) is 49.7 Å². The lowest BCUT2D eigenvalue weighted by Crippen LogP contribution is -2.39. The van der Waals surface area contributed by atoms with Crippen LogP contribution in [-0.2, 0) is 21.4 Å². The predicted molar refractivity (Wildman–Crippen MR) is 131 cm³/mol. The van der Waals surface area contributed by atoms with Crippen molar-refractivity contribution in [1.29, 1.82) is 0 Å². The Labute approximate surface area is 203 Å². The molecular weight excluding hydrogens is 470 g/mol. The Morgan fingerprint density at radius 1 is 1.06 bits per heavy atom. The molecule has 0 aromatic heterocycles. The summed E-state index contributed by atoms with van der Waals surface area (Å²) in [6.45, 7) is 1.27. The van der Waals surface area contributed by atoms with Gasteiger partial charge in [0.05, 0.1) is 30.3 Å². The third kappa shape index (κ3) is 6.75. The number of ether oxygens (including phenoxy) is 1. The summed E-state index contributed by atoms with van der Waals surface area (Å²) in [5, 5.41) is 12.8. The van der Waals surface area contributed by atoms with Crippen LogP contribution < -0.4 is 10.2 Å². The molecule has 3 aromatic rings. The van der Waals surface area contributed by atoms with Gasteiger partial charge < -0.3 is 9.84 Å². The Morgan fingerprint density at radius 3 is 2.34 bits per heavy atom. The zero-order valence-corrected chi connectivity index (χ0v) is 20.0. The fourth-order valence-corrected chi connectivity index (χ4v) is 4.73. The van der Waals surface area contributed by atoms with Crippen LogP contribution in [0.3, 0.4) is 0 Å². The molecule has 0 aliphatic rings. The molecule has 10 heteroatoms. The smallest absolute Gasteiger partial charge is 0.335 e. The first-order valence-electron chi connectivity index (χ1n) is 10.5. The second-order valence-electron chi connectivity index (χ2n) is 7.61. The molecule has 0 heterocycles. The minimum Gasteiger partial charge on any atom is -0.496 e. The van der Waals surface area contributed by atoms with Gasteiger partial charge in [-0.15, -0.1) is 0 Å². The molecule has 0 fully saturated rings. The van der Waals surface area contributed by atoms with Crippen LogP contribution >= 0.6 is 0 Å². The highest BCUT2D eigenvalue weighted by Gasteiger charge is 2.27. The van der Waals surface area contributed by atoms with Crippen molar-refractivity contribution < 1.29 is 27.9 Å². The predicted octanol–water partition coefficient (Wildman–Crippen LogP) is 3.04. The number of rotatable bonds is 10. The van der Waals surface area contributed by atoms with Crippen LogP contribution in [0.1, 0.15) is 27.0 Å². The monoisotopic (exact) mass is 495 g/mol. The van der Waals surface area contributed by atoms with Gasteiger partial charge in [-0.25, -0.2) is 18.6 Å². The Kier molecular flexibility index (Phi) is 8.34. The van der Waals surface area contributed by atoms with Gasteiger partial charge in [0.2, 0.25) is 10.0 Å². The van der Waals surface area contributed by atoms with Crippen molar-refractivity contribution in [1.82, 2.24) is 9.73 Å². The molecule has 0 aliphatic heterocycles. The molecule has 2 N–H and O–H groups in total. The summed E-state index contributed by atoms with van der Waals surface area (Å²) in [7, 11) is -2.52. The summed E-state index contributed by atoms with van der Waals surface area (Å²) in [6, 6.07) is 19.4. The zero-order chi connectivity index (χ0) is 25.4. The first-order chi connectivity index (χ1) is 16.7. The van der Waals surface area contributed by atoms with Gasteiger partial charge in [-0.1, -0.05) is 42.5 Å². The van der Waals surface area contributed by atoms with Crippen LogP contribution in [0.2, 0.25) is 0 Å². The number of carboxylic acid groups (broad SMARTS) is 1. The number of aromatic carboxylic acids is 1. The van der Waals surface area contributed by atoms with Gasteiger partial charge in [-0.05, 0) is 53.9 Å². The number of methoxy groups -OCH3 is 1. The maximum Gasteiger partial charge on any atom is 0.335 e. The lowest BCUT2D eigenvalue weighted by atomic mass is 10.1. The molecule has 0 atom stereocenters. The Hall–Kier alpha value is -4.02. The first kappa shape index (κ1) is 25.6. The molecule has 182 valence electrons. The molecule has 9 nitrogen and oxygen atoms in total. The summed E-state index contributed by atoms with van der Waals surface area (Å²) in [4.78, 5) is 23.6. The topological polar surface area (TPSA) is 125 Å². The van der Waals surface area contributed by atoms with Gasteiger partial charge in [0.1, 0.15) is 5.75 Å². The molecule has 0 saturated heterocycles. The van der Waals surface area contributed by atoms with Gasteiger partial charge >= 0.3 is 5.97 Å². The Morgan fingerprint density at radius 2 is 1.74 bits per heavy atom. The second kappa shape index (κ2) is 11.4. The van der Waals surface area contributed by atoms with Crippen molar-refractivity contribution in [2.75, 3.05) is 13.7 Å². The van der Waals surface area contributed by atoms with E-state index >= 15 is 0 Å². The van der Waals surface area contributed by atoms with Gasteiger partial charge in [0.25, 0.3) is 5.91 Å². The number of benzene rings is 3. The van der Waals surface area contributed by atoms with E-state index in [-0.39, 0.29) is 17.0 Å². The summed E-state index contributed by atoms with van der Waals surface area (Å²) in [5.41, 5.74) is 4.39. The Balaban J connectivity index is 1.78. The van der Waals surface area contributed by atoms with Crippen LogP contribution in [-0.4, -0.2) is 49.6 Å². The quantitative estimate of drug-likeness (QED) is 0.329. The fraction of sp³-hybridized carbons (Fsp3) is 0.160. The van der Waals surface area contributed by atoms with Gasteiger partial charge in [0, 0.05) is 6.54 Å². The largest absolute Gasteiger partial charge is 0.496 e. The summed E-state index contributed by atoms with van der Waals surface area (Å²) >= 11 is 0. The molecule has 1 amide bonds. The number of hydrazone groups is 1. The van der Waals surface area contributed by atoms with Gasteiger partial charge in [-0.3, -0.25) is 4.79 Å². The molecule has 0 unspecified atom stereocenters. The van der Waals surface area contributed by atoms with E-state index in [0.717, 1.165) is 9.87 Å². The number of carbonyl (C=O) groups is 2. The number of aryl methyl sites for hydroxylation is 1. The minimum atomic E-state index is -4.02. The van der Waals surface area contributed by atoms with Crippen molar-refractivity contribution in [2.45, 2.75) is 18.4 Å². The number of sulfonamides is 1. The number of carbonyl (C=O) groups excluding carboxylic acids is 1. The number of nitrogens with one attached hydrogen (secondary N) is 1. The average Bonchev–Trinajstić information content (AvgIpc) is 2.84. The molecule has 3 aromatic carbocycles. The van der Waals surface area contributed by atoms with E-state index in [9.17, 15) is 18.0 Å². The van der Waals surface area contributed by atoms with E-state index in [0.29, 0.717) is 16.9 Å². The summed E-state index contributed by atoms with van der Waals surface area (Å²) < 4.78 is 33.1. The van der Waals surface area contributed by atoms with Gasteiger partial charge in [0.15, 0.2) is 0 Å². The molecule has 0 saturated carbocycles. The zero-order valence-electron chi connectivity index (χ0n) is 19.2. The Bertz CT molecular complexity index is 1320. The first-order valence-corrected chi connectivity index (χ1v) is 12.0. The molecule has 0 aliphatic carbocycles. The number of nitrogens with zero attached hydrogens (tertiary/aromatic N) is 2. The lowest BCUT2D eigenvalue weighted by Gasteiger charge is -2.22. The summed E-state index contributed by atoms with van der Waals surface area (Å²) in [6.07, 6.45) is 1.34. The van der Waals surface area contributed by atoms with Crippen LogP contribution in [0.25, 0.3) is 0 Å². The third-order valence-corrected chi connectivity index (χ3v) is 6.87. The fourth-order valence-electron chi connectivity index (χ4n) is 3.26. The molecule has 0 radical (unpaired) electrons. The number of hydrogen-bond donors (Lipinski definition) is 2. The average molecular weight is 496 g/mol. The highest BCUT2D eigenvalue weighted by atomic mass is 32.2. The van der Waals surface area contributed by atoms with Crippen molar-refractivity contribution in [3.05, 3.63) is 95.1 Å². The van der Waals surface area contributed by atoms with Crippen LogP contribution in [0, 0.1) is 6.92 Å². The summed E-state index contributed by atoms with van der Waals surface area (Å²) in [5.74, 6) is -1.12.